The third-order valence-electron chi connectivity index (χ3n) is 16.0. The molecular formula is C79H138O16P2. The summed E-state index contributed by atoms with van der Waals surface area (Å²) in [6, 6.07) is 0. The smallest absolute Gasteiger partial charge is 0.463 e. The number of carbonyl (C=O) groups excluding carboxylic acids is 3. The topological polar surface area (TPSA) is 231 Å². The van der Waals surface area contributed by atoms with Crippen LogP contribution in [0.2, 0.25) is 0 Å². The predicted octanol–water partition coefficient (Wildman–Crippen LogP) is 22.0. The number of esters is 3. The van der Waals surface area contributed by atoms with Crippen LogP contribution in [0.4, 0.5) is 0 Å². The van der Waals surface area contributed by atoms with Crippen LogP contribution in [-0.2, 0) is 55.8 Å². The second-order valence-electron chi connectivity index (χ2n) is 25.4. The van der Waals surface area contributed by atoms with Gasteiger partial charge in [0.2, 0.25) is 0 Å². The molecule has 0 aliphatic heterocycles. The van der Waals surface area contributed by atoms with Gasteiger partial charge in [-0.3, -0.25) is 32.5 Å². The number of aliphatic hydroxyl groups is 2. The lowest BCUT2D eigenvalue weighted by Gasteiger charge is -2.21. The van der Waals surface area contributed by atoms with E-state index < -0.39 is 91.5 Å². The molecule has 0 saturated heterocycles. The highest BCUT2D eigenvalue weighted by atomic mass is 31.2. The highest BCUT2D eigenvalue weighted by molar-refractivity contribution is 7.47. The molecule has 0 saturated carbocycles. The van der Waals surface area contributed by atoms with E-state index in [0.29, 0.717) is 19.3 Å². The summed E-state index contributed by atoms with van der Waals surface area (Å²) in [6.45, 7) is 2.43. The molecule has 0 aliphatic rings. The van der Waals surface area contributed by atoms with Gasteiger partial charge in [0.15, 0.2) is 6.10 Å². The maximum atomic E-state index is 12.9. The number of phosphoric ester groups is 2. The maximum Gasteiger partial charge on any atom is 0.472 e. The lowest BCUT2D eigenvalue weighted by atomic mass is 10.0. The number of phosphoric acid groups is 2. The molecule has 5 unspecified atom stereocenters. The summed E-state index contributed by atoms with van der Waals surface area (Å²) in [5.74, 6) is -1.59. The largest absolute Gasteiger partial charge is 0.472 e. The highest BCUT2D eigenvalue weighted by Gasteiger charge is 2.29. The Morgan fingerprint density at radius 3 is 0.866 bits per heavy atom. The number of aliphatic hydroxyl groups excluding tert-OH is 2. The Morgan fingerprint density at radius 1 is 0.299 bits per heavy atom. The first-order valence-electron chi connectivity index (χ1n) is 38.2. The van der Waals surface area contributed by atoms with Crippen LogP contribution in [0.5, 0.6) is 0 Å². The standard InChI is InChI=1S/C79H138O16P2/c1-4-7-10-13-16-19-22-24-26-27-28-29-30-31-32-33-34-35-36-37-38-39-40-41-42-43-44-45-47-49-51-53-56-59-62-65-77(82)89-68-74(80)69-91-96(85,86)92-70-75(81)71-93-97(87,88)94-73-76(95-79(84)67-64-61-58-55-50-21-18-15-12-9-6-3)72-90-78(83)66-63-60-57-54-52-48-46-25-23-20-17-14-11-8-5-2/h7-8,10-11,16-17,19-20,24-26,28-29,31-32,34-35,46,74-76,80-81H,4-6,9,12-15,18,21-23,27,30,33,36-45,47-73H2,1-3H3,(H,85,86)(H,87,88)/b10-7-,11-8-,19-16-,20-17-,26-24-,29-28-,32-31-,35-34-,46-25-. The Balaban J connectivity index is 4.29. The maximum absolute atomic E-state index is 12.9. The Morgan fingerprint density at radius 2 is 0.546 bits per heavy atom. The van der Waals surface area contributed by atoms with Crippen LogP contribution in [0.1, 0.15) is 316 Å². The van der Waals surface area contributed by atoms with Gasteiger partial charge in [-0.05, 0) is 103 Å². The average Bonchev–Trinajstić information content (AvgIpc) is 2.25. The normalized spacial score (nSPS) is 14.7. The van der Waals surface area contributed by atoms with Crippen molar-refractivity contribution < 1.29 is 75.8 Å². The number of allylic oxidation sites excluding steroid dienone is 18. The molecule has 0 radical (unpaired) electrons. The molecule has 0 bridgehead atoms. The zero-order chi connectivity index (χ0) is 70.9. The zero-order valence-corrected chi connectivity index (χ0v) is 62.8. The lowest BCUT2D eigenvalue weighted by Crippen LogP contribution is -2.30. The van der Waals surface area contributed by atoms with Gasteiger partial charge in [0.1, 0.15) is 25.4 Å². The molecule has 0 aliphatic carbocycles. The van der Waals surface area contributed by atoms with Gasteiger partial charge in [0, 0.05) is 19.3 Å². The van der Waals surface area contributed by atoms with Crippen molar-refractivity contribution in [1.82, 2.24) is 0 Å². The molecule has 0 aromatic carbocycles. The van der Waals surface area contributed by atoms with Crippen molar-refractivity contribution in [2.24, 2.45) is 0 Å². The minimum Gasteiger partial charge on any atom is -0.463 e. The minimum absolute atomic E-state index is 0.104. The minimum atomic E-state index is -4.92. The van der Waals surface area contributed by atoms with Crippen molar-refractivity contribution in [2.45, 2.75) is 334 Å². The third kappa shape index (κ3) is 73.3. The molecule has 0 fully saturated rings. The number of unbranched alkanes of at least 4 members (excludes halogenated alkanes) is 31. The van der Waals surface area contributed by atoms with E-state index in [1.54, 1.807) is 0 Å². The van der Waals surface area contributed by atoms with E-state index >= 15 is 0 Å². The van der Waals surface area contributed by atoms with Gasteiger partial charge < -0.3 is 34.2 Å². The fraction of sp³-hybridized carbons (Fsp3) is 0.734. The monoisotopic (exact) mass is 1400 g/mol. The summed E-state index contributed by atoms with van der Waals surface area (Å²) < 4.78 is 60.9. The van der Waals surface area contributed by atoms with E-state index in [1.807, 2.05) is 0 Å². The van der Waals surface area contributed by atoms with Crippen molar-refractivity contribution >= 4 is 33.6 Å². The van der Waals surface area contributed by atoms with E-state index in [1.165, 1.54) is 122 Å². The molecule has 16 nitrogen and oxygen atoms in total. The van der Waals surface area contributed by atoms with Crippen molar-refractivity contribution in [3.05, 3.63) is 109 Å². The molecular weight excluding hydrogens is 1270 g/mol. The van der Waals surface area contributed by atoms with Crippen molar-refractivity contribution in [3.63, 3.8) is 0 Å². The molecule has 97 heavy (non-hydrogen) atoms. The molecule has 0 aromatic heterocycles. The molecule has 560 valence electrons. The average molecular weight is 1410 g/mol. The van der Waals surface area contributed by atoms with Gasteiger partial charge >= 0.3 is 33.6 Å². The van der Waals surface area contributed by atoms with Gasteiger partial charge in [-0.25, -0.2) is 9.13 Å². The fourth-order valence-electron chi connectivity index (χ4n) is 10.2. The summed E-state index contributed by atoms with van der Waals surface area (Å²) in [5, 5.41) is 20.6. The van der Waals surface area contributed by atoms with E-state index in [2.05, 4.69) is 130 Å². The molecule has 0 spiro atoms. The Labute approximate surface area is 590 Å². The summed E-state index contributed by atoms with van der Waals surface area (Å²) >= 11 is 0. The van der Waals surface area contributed by atoms with Crippen LogP contribution < -0.4 is 0 Å². The first-order chi connectivity index (χ1) is 47.2. The van der Waals surface area contributed by atoms with Crippen molar-refractivity contribution in [2.75, 3.05) is 39.6 Å². The number of hydrogen-bond donors (Lipinski definition) is 4. The Bertz CT molecular complexity index is 2200. The first-order valence-corrected chi connectivity index (χ1v) is 41.2. The molecule has 4 N–H and O–H groups in total. The SMILES string of the molecule is CC/C=C\C/C=C\C/C=C\C/C=C\C/C=C\C/C=C\CCCCCCCCCCCCCCCCCCC(=O)OCC(O)COP(=O)(O)OCC(O)COP(=O)(O)OCC(COC(=O)CCCCCCC/C=C\C/C=C\C/C=C\CC)OC(=O)CCCCCCCCCCCCC. The second kappa shape index (κ2) is 72.0. The third-order valence-corrected chi connectivity index (χ3v) is 17.9. The quantitative estimate of drug-likeness (QED) is 0.0146. The van der Waals surface area contributed by atoms with Gasteiger partial charge in [0.25, 0.3) is 0 Å². The van der Waals surface area contributed by atoms with Crippen LogP contribution >= 0.6 is 15.6 Å². The highest BCUT2D eigenvalue weighted by Crippen LogP contribution is 2.45. The van der Waals surface area contributed by atoms with Crippen LogP contribution in [0, 0.1) is 0 Å². The van der Waals surface area contributed by atoms with Crippen LogP contribution in [-0.4, -0.2) is 95.9 Å². The van der Waals surface area contributed by atoms with Crippen LogP contribution in [0.3, 0.4) is 0 Å². The molecule has 0 rings (SSSR count). The molecule has 0 heterocycles. The predicted molar refractivity (Wildman–Crippen MR) is 399 cm³/mol. The van der Waals surface area contributed by atoms with Crippen molar-refractivity contribution in [1.29, 1.82) is 0 Å². The molecule has 18 heteroatoms. The van der Waals surface area contributed by atoms with Crippen LogP contribution in [0.25, 0.3) is 0 Å². The summed E-state index contributed by atoms with van der Waals surface area (Å²) in [4.78, 5) is 58.4. The van der Waals surface area contributed by atoms with E-state index in [4.69, 9.17) is 32.3 Å². The van der Waals surface area contributed by atoms with E-state index in [-0.39, 0.29) is 19.3 Å². The number of rotatable bonds is 72. The van der Waals surface area contributed by atoms with Gasteiger partial charge in [-0.15, -0.1) is 0 Å². The number of hydrogen-bond acceptors (Lipinski definition) is 14. The number of carbonyl (C=O) groups is 3. The summed E-state index contributed by atoms with van der Waals surface area (Å²) in [6.07, 6.45) is 83.2. The van der Waals surface area contributed by atoms with Crippen LogP contribution in [0.15, 0.2) is 109 Å². The van der Waals surface area contributed by atoms with Gasteiger partial charge in [-0.1, -0.05) is 304 Å². The number of ether oxygens (including phenoxy) is 3. The molecule has 5 atom stereocenters. The Kier molecular flexibility index (Phi) is 69.2. The van der Waals surface area contributed by atoms with E-state index in [0.717, 1.165) is 135 Å². The summed E-state index contributed by atoms with van der Waals surface area (Å²) in [7, 11) is -9.77. The summed E-state index contributed by atoms with van der Waals surface area (Å²) in [5.41, 5.74) is 0. The fourth-order valence-corrected chi connectivity index (χ4v) is 11.8. The molecule has 0 amide bonds. The van der Waals surface area contributed by atoms with Gasteiger partial charge in [-0.2, -0.15) is 0 Å². The van der Waals surface area contributed by atoms with Crippen molar-refractivity contribution in [3.8, 4) is 0 Å². The lowest BCUT2D eigenvalue weighted by molar-refractivity contribution is -0.161. The molecule has 0 aromatic rings. The Hall–Kier alpha value is -3.79. The second-order valence-corrected chi connectivity index (χ2v) is 28.3. The first kappa shape index (κ1) is 93.2. The van der Waals surface area contributed by atoms with E-state index in [9.17, 15) is 43.5 Å². The van der Waals surface area contributed by atoms with Gasteiger partial charge in [0.05, 0.1) is 26.4 Å². The zero-order valence-electron chi connectivity index (χ0n) is 61.0.